The molecule has 0 fully saturated rings. The predicted molar refractivity (Wildman–Crippen MR) is 161 cm³/mol. The minimum Gasteiger partial charge on any atom is -0.354 e. The van der Waals surface area contributed by atoms with Crippen molar-refractivity contribution in [1.82, 2.24) is 10.2 Å². The van der Waals surface area contributed by atoms with Crippen molar-refractivity contribution < 1.29 is 18.0 Å². The maximum absolute atomic E-state index is 14.1. The second kappa shape index (κ2) is 14.0. The largest absolute Gasteiger partial charge is 0.354 e. The Morgan fingerprint density at radius 1 is 0.925 bits per heavy atom. The van der Waals surface area contributed by atoms with Gasteiger partial charge in [-0.3, -0.25) is 13.9 Å². The van der Waals surface area contributed by atoms with Crippen LogP contribution in [-0.2, 0) is 26.2 Å². The van der Waals surface area contributed by atoms with Crippen LogP contribution in [0.25, 0.3) is 0 Å². The number of amides is 2. The molecule has 2 amide bonds. The van der Waals surface area contributed by atoms with Crippen molar-refractivity contribution in [3.8, 4) is 0 Å². The lowest BCUT2D eigenvalue weighted by Gasteiger charge is -2.33. The number of nitrogens with one attached hydrogen (secondary N) is 1. The second-order valence-electron chi connectivity index (χ2n) is 9.53. The molecule has 1 N–H and O–H groups in total. The van der Waals surface area contributed by atoms with Crippen LogP contribution in [0.5, 0.6) is 0 Å². The molecule has 0 unspecified atom stereocenters. The summed E-state index contributed by atoms with van der Waals surface area (Å²) in [7, 11) is -4.13. The fourth-order valence-electron chi connectivity index (χ4n) is 4.36. The highest BCUT2D eigenvalue weighted by Gasteiger charge is 2.34. The number of nitrogens with zero attached hydrogens (tertiary/aromatic N) is 2. The monoisotopic (exact) mass is 603 g/mol. The first kappa shape index (κ1) is 31.5. The number of carbonyl (C=O) groups is 2. The lowest BCUT2D eigenvalue weighted by Crippen LogP contribution is -2.52. The minimum absolute atomic E-state index is 0.0415. The fourth-order valence-corrected chi connectivity index (χ4v) is 6.17. The van der Waals surface area contributed by atoms with Crippen LogP contribution >= 0.6 is 23.2 Å². The van der Waals surface area contributed by atoms with Crippen LogP contribution in [-0.4, -0.2) is 44.3 Å². The van der Waals surface area contributed by atoms with Gasteiger partial charge < -0.3 is 10.2 Å². The quantitative estimate of drug-likeness (QED) is 0.269. The summed E-state index contributed by atoms with van der Waals surface area (Å²) >= 11 is 12.3. The van der Waals surface area contributed by atoms with Crippen molar-refractivity contribution in [2.24, 2.45) is 0 Å². The van der Waals surface area contributed by atoms with E-state index in [1.807, 2.05) is 33.8 Å². The molecule has 0 aromatic heterocycles. The number of benzene rings is 3. The summed E-state index contributed by atoms with van der Waals surface area (Å²) in [4.78, 5) is 28.8. The summed E-state index contributed by atoms with van der Waals surface area (Å²) in [6.45, 7) is 7.46. The molecule has 0 spiro atoms. The van der Waals surface area contributed by atoms with Gasteiger partial charge in [-0.25, -0.2) is 8.42 Å². The highest BCUT2D eigenvalue weighted by Crippen LogP contribution is 2.29. The Hall–Kier alpha value is -3.07. The van der Waals surface area contributed by atoms with E-state index in [9.17, 15) is 18.0 Å². The van der Waals surface area contributed by atoms with Gasteiger partial charge in [0.05, 0.1) is 20.6 Å². The van der Waals surface area contributed by atoms with E-state index >= 15 is 0 Å². The summed E-state index contributed by atoms with van der Waals surface area (Å²) < 4.78 is 29.0. The molecule has 0 radical (unpaired) electrons. The van der Waals surface area contributed by atoms with E-state index in [1.165, 1.54) is 17.0 Å². The average Bonchev–Trinajstić information content (AvgIpc) is 2.94. The van der Waals surface area contributed by atoms with Gasteiger partial charge >= 0.3 is 0 Å². The van der Waals surface area contributed by atoms with E-state index in [-0.39, 0.29) is 17.3 Å². The van der Waals surface area contributed by atoms with E-state index in [4.69, 9.17) is 23.2 Å². The lowest BCUT2D eigenvalue weighted by atomic mass is 10.1. The first-order chi connectivity index (χ1) is 19.0. The smallest absolute Gasteiger partial charge is 0.264 e. The van der Waals surface area contributed by atoms with Gasteiger partial charge in [0.15, 0.2) is 0 Å². The average molecular weight is 605 g/mol. The van der Waals surface area contributed by atoms with Crippen molar-refractivity contribution in [3.63, 3.8) is 0 Å². The number of sulfonamides is 1. The van der Waals surface area contributed by atoms with Crippen LogP contribution < -0.4 is 9.62 Å². The molecule has 0 saturated carbocycles. The first-order valence-electron chi connectivity index (χ1n) is 13.2. The zero-order valence-corrected chi connectivity index (χ0v) is 25.5. The maximum Gasteiger partial charge on any atom is 0.264 e. The van der Waals surface area contributed by atoms with Crippen LogP contribution in [0, 0.1) is 13.8 Å². The van der Waals surface area contributed by atoms with Crippen LogP contribution in [0.1, 0.15) is 43.4 Å². The third-order valence-corrected chi connectivity index (χ3v) is 9.24. The van der Waals surface area contributed by atoms with E-state index in [0.717, 1.165) is 21.9 Å². The van der Waals surface area contributed by atoms with Crippen LogP contribution in [0.2, 0.25) is 10.0 Å². The Morgan fingerprint density at radius 2 is 1.62 bits per heavy atom. The highest BCUT2D eigenvalue weighted by atomic mass is 35.5. The molecule has 7 nitrogen and oxygen atoms in total. The van der Waals surface area contributed by atoms with Gasteiger partial charge in [-0.2, -0.15) is 0 Å². The number of halogens is 2. The van der Waals surface area contributed by atoms with Gasteiger partial charge in [-0.15, -0.1) is 0 Å². The Labute approximate surface area is 247 Å². The first-order valence-corrected chi connectivity index (χ1v) is 15.4. The molecule has 0 heterocycles. The molecule has 40 heavy (non-hydrogen) atoms. The van der Waals surface area contributed by atoms with Crippen molar-refractivity contribution >= 4 is 50.7 Å². The Balaban J connectivity index is 2.09. The molecule has 1 atom stereocenters. The molecule has 0 aliphatic rings. The molecular weight excluding hydrogens is 569 g/mol. The summed E-state index contributed by atoms with van der Waals surface area (Å²) in [6.07, 6.45) is 1.07. The number of hydrogen-bond acceptors (Lipinski definition) is 4. The molecule has 3 rings (SSSR count). The van der Waals surface area contributed by atoms with E-state index in [2.05, 4.69) is 5.32 Å². The van der Waals surface area contributed by atoms with Gasteiger partial charge in [0.1, 0.15) is 12.6 Å². The third kappa shape index (κ3) is 7.36. The van der Waals surface area contributed by atoms with Crippen molar-refractivity contribution in [3.05, 3.63) is 93.5 Å². The van der Waals surface area contributed by atoms with Crippen molar-refractivity contribution in [2.75, 3.05) is 17.4 Å². The molecule has 0 saturated heterocycles. The third-order valence-electron chi connectivity index (χ3n) is 6.73. The number of carbonyl (C=O) groups excluding carboxylic acids is 2. The number of hydrogen-bond donors (Lipinski definition) is 1. The zero-order valence-electron chi connectivity index (χ0n) is 23.2. The van der Waals surface area contributed by atoms with E-state index < -0.39 is 28.5 Å². The van der Waals surface area contributed by atoms with E-state index in [1.54, 1.807) is 48.5 Å². The second-order valence-corrected chi connectivity index (χ2v) is 12.2. The van der Waals surface area contributed by atoms with Gasteiger partial charge in [-0.05, 0) is 73.7 Å². The van der Waals surface area contributed by atoms with Crippen molar-refractivity contribution in [2.45, 2.75) is 58.0 Å². The van der Waals surface area contributed by atoms with Crippen LogP contribution in [0.3, 0.4) is 0 Å². The topological polar surface area (TPSA) is 86.8 Å². The molecule has 0 bridgehead atoms. The molecule has 3 aromatic rings. The van der Waals surface area contributed by atoms with Crippen molar-refractivity contribution in [1.29, 1.82) is 0 Å². The number of aryl methyl sites for hydroxylation is 1. The summed E-state index contributed by atoms with van der Waals surface area (Å²) in [5.74, 6) is -0.827. The Morgan fingerprint density at radius 3 is 2.25 bits per heavy atom. The Kier molecular flexibility index (Phi) is 11.0. The summed E-state index contributed by atoms with van der Waals surface area (Å²) in [6, 6.07) is 17.5. The molecule has 0 aliphatic heterocycles. The molecular formula is C30H35Cl2N3O4S. The number of rotatable bonds is 12. The van der Waals surface area contributed by atoms with Crippen LogP contribution in [0.15, 0.2) is 71.6 Å². The molecule has 214 valence electrons. The highest BCUT2D eigenvalue weighted by molar-refractivity contribution is 7.92. The number of anilines is 1. The Bertz CT molecular complexity index is 1450. The minimum atomic E-state index is -4.13. The molecule has 3 aromatic carbocycles. The SMILES string of the molecule is CCCNC(=O)[C@H](CC)N(Cc1ccc(Cl)c(Cl)c1)C(=O)CN(c1cccc(C)c1C)S(=O)(=O)c1ccccc1. The van der Waals surface area contributed by atoms with Gasteiger partial charge in [0.25, 0.3) is 10.0 Å². The predicted octanol–water partition coefficient (Wildman–Crippen LogP) is 6.14. The summed E-state index contributed by atoms with van der Waals surface area (Å²) in [5.41, 5.74) is 2.68. The normalized spacial score (nSPS) is 12.1. The summed E-state index contributed by atoms with van der Waals surface area (Å²) in [5, 5.41) is 3.56. The molecule has 0 aliphatic carbocycles. The standard InChI is InChI=1S/C30H35Cl2N3O4S/c1-5-17-33-30(37)27(6-2)34(19-23-15-16-25(31)26(32)18-23)29(36)20-35(28-14-10-11-21(3)22(28)4)40(38,39)24-12-8-7-9-13-24/h7-16,18,27H,5-6,17,19-20H2,1-4H3,(H,33,37)/t27-/m0/s1. The lowest BCUT2D eigenvalue weighted by molar-refractivity contribution is -0.140. The fraction of sp³-hybridized carbons (Fsp3) is 0.333. The zero-order chi connectivity index (χ0) is 29.4. The van der Waals surface area contributed by atoms with Gasteiger partial charge in [0.2, 0.25) is 11.8 Å². The van der Waals surface area contributed by atoms with Gasteiger partial charge in [0, 0.05) is 13.1 Å². The van der Waals surface area contributed by atoms with Crippen LogP contribution in [0.4, 0.5) is 5.69 Å². The molecule has 10 heteroatoms. The van der Waals surface area contributed by atoms with Gasteiger partial charge in [-0.1, -0.05) is 73.4 Å². The maximum atomic E-state index is 14.1. The van der Waals surface area contributed by atoms with E-state index in [0.29, 0.717) is 34.3 Å².